The molecule has 1 aromatic heterocycles. The lowest BCUT2D eigenvalue weighted by Crippen LogP contribution is -2.22. The van der Waals surface area contributed by atoms with E-state index in [0.717, 1.165) is 29.9 Å². The van der Waals surface area contributed by atoms with E-state index in [-0.39, 0.29) is 0 Å². The van der Waals surface area contributed by atoms with E-state index >= 15 is 0 Å². The molecule has 0 fully saturated rings. The van der Waals surface area contributed by atoms with E-state index in [0.29, 0.717) is 11.1 Å². The summed E-state index contributed by atoms with van der Waals surface area (Å²) in [5.74, 6) is 1.41. The number of fused-ring (bicyclic) bond motifs is 1. The lowest BCUT2D eigenvalue weighted by Gasteiger charge is -2.27. The van der Waals surface area contributed by atoms with Crippen LogP contribution in [0.5, 0.6) is 0 Å². The Morgan fingerprint density at radius 2 is 1.74 bits per heavy atom. The summed E-state index contributed by atoms with van der Waals surface area (Å²) in [7, 11) is 0. The van der Waals surface area contributed by atoms with Crippen molar-refractivity contribution in [3.63, 3.8) is 0 Å². The minimum atomic E-state index is 0.631. The van der Waals surface area contributed by atoms with Gasteiger partial charge in [0.15, 0.2) is 0 Å². The Kier molecular flexibility index (Phi) is 3.32. The number of hydrogen-bond acceptors (Lipinski definition) is 1. The molecule has 0 aliphatic heterocycles. The Morgan fingerprint density at radius 1 is 1.05 bits per heavy atom. The third-order valence-corrected chi connectivity index (χ3v) is 4.55. The second-order valence-corrected chi connectivity index (χ2v) is 6.02. The van der Waals surface area contributed by atoms with Crippen molar-refractivity contribution in [2.24, 2.45) is 11.8 Å². The Labute approximate surface area is 119 Å². The summed E-state index contributed by atoms with van der Waals surface area (Å²) in [6.07, 6.45) is 2.16. The predicted molar refractivity (Wildman–Crippen MR) is 80.4 cm³/mol. The van der Waals surface area contributed by atoms with E-state index in [4.69, 9.17) is 11.6 Å². The van der Waals surface area contributed by atoms with Gasteiger partial charge in [0.1, 0.15) is 5.15 Å². The summed E-state index contributed by atoms with van der Waals surface area (Å²) in [6.45, 7) is 4.62. The lowest BCUT2D eigenvalue weighted by atomic mass is 9.79. The van der Waals surface area contributed by atoms with Crippen LogP contribution < -0.4 is 0 Å². The van der Waals surface area contributed by atoms with Gasteiger partial charge in [-0.25, -0.2) is 4.98 Å². The molecule has 1 aromatic carbocycles. The van der Waals surface area contributed by atoms with Crippen molar-refractivity contribution in [3.05, 3.63) is 52.8 Å². The molecule has 0 N–H and O–H groups in total. The van der Waals surface area contributed by atoms with Crippen LogP contribution in [0.1, 0.15) is 25.1 Å². The van der Waals surface area contributed by atoms with Gasteiger partial charge in [0.25, 0.3) is 0 Å². The molecular weight excluding hydrogens is 254 g/mol. The first-order chi connectivity index (χ1) is 9.15. The molecule has 1 heterocycles. The summed E-state index contributed by atoms with van der Waals surface area (Å²) in [4.78, 5) is 4.64. The van der Waals surface area contributed by atoms with Gasteiger partial charge in [0, 0.05) is 11.3 Å². The highest BCUT2D eigenvalue weighted by atomic mass is 35.5. The number of aromatic nitrogens is 1. The van der Waals surface area contributed by atoms with Gasteiger partial charge < -0.3 is 0 Å². The van der Waals surface area contributed by atoms with E-state index in [9.17, 15) is 0 Å². The maximum absolute atomic E-state index is 6.37. The Morgan fingerprint density at radius 3 is 2.47 bits per heavy atom. The van der Waals surface area contributed by atoms with Crippen LogP contribution in [0.25, 0.3) is 11.1 Å². The number of hydrogen-bond donors (Lipinski definition) is 0. The normalized spacial score (nSPS) is 22.1. The third-order valence-electron chi connectivity index (χ3n) is 4.26. The van der Waals surface area contributed by atoms with Crippen molar-refractivity contribution in [2.45, 2.75) is 26.7 Å². The molecule has 3 rings (SSSR count). The van der Waals surface area contributed by atoms with Gasteiger partial charge in [0.05, 0.1) is 0 Å². The van der Waals surface area contributed by atoms with Crippen LogP contribution >= 0.6 is 11.6 Å². The molecule has 0 radical (unpaired) electrons. The Balaban J connectivity index is 2.07. The fraction of sp³-hybridized carbons (Fsp3) is 0.353. The van der Waals surface area contributed by atoms with E-state index in [2.05, 4.69) is 37.0 Å². The van der Waals surface area contributed by atoms with Crippen LogP contribution in [-0.4, -0.2) is 4.98 Å². The summed E-state index contributed by atoms with van der Waals surface area (Å²) in [5.41, 5.74) is 4.76. The number of pyridine rings is 1. The van der Waals surface area contributed by atoms with Gasteiger partial charge in [-0.2, -0.15) is 0 Å². The first-order valence-electron chi connectivity index (χ1n) is 6.89. The average molecular weight is 272 g/mol. The zero-order valence-electron chi connectivity index (χ0n) is 11.4. The molecule has 0 saturated carbocycles. The second-order valence-electron chi connectivity index (χ2n) is 5.66. The first-order valence-corrected chi connectivity index (χ1v) is 7.26. The average Bonchev–Trinajstić information content (AvgIpc) is 2.41. The van der Waals surface area contributed by atoms with Gasteiger partial charge in [-0.1, -0.05) is 55.8 Å². The van der Waals surface area contributed by atoms with Crippen LogP contribution in [0.3, 0.4) is 0 Å². The van der Waals surface area contributed by atoms with E-state index in [1.54, 1.807) is 0 Å². The van der Waals surface area contributed by atoms with Crippen molar-refractivity contribution >= 4 is 11.6 Å². The van der Waals surface area contributed by atoms with Gasteiger partial charge >= 0.3 is 0 Å². The molecule has 0 saturated heterocycles. The maximum atomic E-state index is 6.37. The molecule has 0 bridgehead atoms. The molecule has 98 valence electrons. The van der Waals surface area contributed by atoms with Crippen LogP contribution in [0, 0.1) is 11.8 Å². The van der Waals surface area contributed by atoms with E-state index in [1.165, 1.54) is 11.3 Å². The topological polar surface area (TPSA) is 12.9 Å². The fourth-order valence-electron chi connectivity index (χ4n) is 2.80. The van der Waals surface area contributed by atoms with Crippen molar-refractivity contribution < 1.29 is 0 Å². The quantitative estimate of drug-likeness (QED) is 0.681. The zero-order valence-corrected chi connectivity index (χ0v) is 12.1. The first kappa shape index (κ1) is 12.7. The highest BCUT2D eigenvalue weighted by molar-refractivity contribution is 6.32. The number of halogens is 1. The van der Waals surface area contributed by atoms with Crippen LogP contribution in [0.15, 0.2) is 36.4 Å². The highest BCUT2D eigenvalue weighted by Gasteiger charge is 2.24. The number of rotatable bonds is 1. The maximum Gasteiger partial charge on any atom is 0.137 e. The minimum Gasteiger partial charge on any atom is -0.240 e. The molecule has 1 aliphatic rings. The highest BCUT2D eigenvalue weighted by Crippen LogP contribution is 2.34. The van der Waals surface area contributed by atoms with Gasteiger partial charge in [-0.05, 0) is 41.9 Å². The zero-order chi connectivity index (χ0) is 13.4. The summed E-state index contributed by atoms with van der Waals surface area (Å²) >= 11 is 6.37. The molecule has 2 aromatic rings. The summed E-state index contributed by atoms with van der Waals surface area (Å²) in [5, 5.41) is 0.631. The fourth-order valence-corrected chi connectivity index (χ4v) is 3.06. The molecule has 2 unspecified atom stereocenters. The molecule has 2 heteroatoms. The van der Waals surface area contributed by atoms with Gasteiger partial charge in [-0.15, -0.1) is 0 Å². The third kappa shape index (κ3) is 2.40. The monoisotopic (exact) mass is 271 g/mol. The smallest absolute Gasteiger partial charge is 0.137 e. The van der Waals surface area contributed by atoms with Crippen LogP contribution in [-0.2, 0) is 12.8 Å². The molecule has 0 spiro atoms. The van der Waals surface area contributed by atoms with Gasteiger partial charge in [-0.3, -0.25) is 0 Å². The predicted octanol–water partition coefficient (Wildman–Crippen LogP) is 4.77. The SMILES string of the molecule is CC1Cc2cc(-c3ccccc3)c(Cl)nc2CC1C. The van der Waals surface area contributed by atoms with Crippen molar-refractivity contribution in [3.8, 4) is 11.1 Å². The molecule has 19 heavy (non-hydrogen) atoms. The van der Waals surface area contributed by atoms with Crippen molar-refractivity contribution in [2.75, 3.05) is 0 Å². The minimum absolute atomic E-state index is 0.631. The van der Waals surface area contributed by atoms with Crippen LogP contribution in [0.4, 0.5) is 0 Å². The molecular formula is C17H18ClN. The molecule has 2 atom stereocenters. The van der Waals surface area contributed by atoms with Crippen molar-refractivity contribution in [1.82, 2.24) is 4.98 Å². The summed E-state index contributed by atoms with van der Waals surface area (Å²) in [6, 6.07) is 12.5. The summed E-state index contributed by atoms with van der Waals surface area (Å²) < 4.78 is 0. The van der Waals surface area contributed by atoms with Crippen molar-refractivity contribution in [1.29, 1.82) is 0 Å². The lowest BCUT2D eigenvalue weighted by molar-refractivity contribution is 0.356. The Bertz CT molecular complexity index is 592. The molecule has 0 amide bonds. The number of nitrogens with zero attached hydrogens (tertiary/aromatic N) is 1. The molecule has 1 nitrogen and oxygen atoms in total. The Hall–Kier alpha value is -1.34. The van der Waals surface area contributed by atoms with E-state index in [1.807, 2.05) is 18.2 Å². The molecule has 1 aliphatic carbocycles. The van der Waals surface area contributed by atoms with E-state index < -0.39 is 0 Å². The largest absolute Gasteiger partial charge is 0.240 e. The van der Waals surface area contributed by atoms with Gasteiger partial charge in [0.2, 0.25) is 0 Å². The van der Waals surface area contributed by atoms with Crippen LogP contribution in [0.2, 0.25) is 5.15 Å². The second kappa shape index (κ2) is 4.97. The standard InChI is InChI=1S/C17H18ClN/c1-11-8-14-10-15(13-6-4-3-5-7-13)17(18)19-16(14)9-12(11)2/h3-7,10-12H,8-9H2,1-2H3. The number of benzene rings is 1.